The van der Waals surface area contributed by atoms with E-state index < -0.39 is 41.3 Å². The van der Waals surface area contributed by atoms with Crippen LogP contribution in [0, 0.1) is 0 Å². The Bertz CT molecular complexity index is 1180. The molecule has 0 bridgehead atoms. The lowest BCUT2D eigenvalue weighted by Gasteiger charge is -2.49. The van der Waals surface area contributed by atoms with E-state index in [9.17, 15) is 29.4 Å². The van der Waals surface area contributed by atoms with Gasteiger partial charge >= 0.3 is 12.1 Å². The van der Waals surface area contributed by atoms with Gasteiger partial charge in [0.25, 0.3) is 5.91 Å². The minimum Gasteiger partial charge on any atom is -0.508 e. The minimum absolute atomic E-state index is 0.00493. The lowest BCUT2D eigenvalue weighted by atomic mass is 10.0. The first-order valence-corrected chi connectivity index (χ1v) is 11.8. The van der Waals surface area contributed by atoms with E-state index in [1.54, 1.807) is 31.2 Å². The van der Waals surface area contributed by atoms with Crippen molar-refractivity contribution < 1.29 is 34.1 Å². The van der Waals surface area contributed by atoms with E-state index in [4.69, 9.17) is 4.74 Å². The predicted molar refractivity (Wildman–Crippen MR) is 126 cm³/mol. The summed E-state index contributed by atoms with van der Waals surface area (Å²) < 4.78 is 5.23. The number of nitrogens with one attached hydrogen (secondary N) is 2. The van der Waals surface area contributed by atoms with Crippen molar-refractivity contribution >= 4 is 35.6 Å². The molecule has 2 unspecified atom stereocenters. The maximum atomic E-state index is 13.2. The van der Waals surface area contributed by atoms with E-state index in [0.29, 0.717) is 16.9 Å². The number of hydrogen-bond acceptors (Lipinski definition) is 7. The summed E-state index contributed by atoms with van der Waals surface area (Å²) in [6, 6.07) is 12.5. The number of nitrogens with zero attached hydrogens (tertiary/aromatic N) is 1. The Balaban J connectivity index is 1.47. The van der Waals surface area contributed by atoms with Crippen LogP contribution in [-0.2, 0) is 25.7 Å². The van der Waals surface area contributed by atoms with E-state index >= 15 is 0 Å². The molecule has 3 amide bonds. The zero-order valence-corrected chi connectivity index (χ0v) is 19.5. The van der Waals surface area contributed by atoms with Crippen LogP contribution in [-0.4, -0.2) is 56.2 Å². The number of carboxylic acids is 1. The van der Waals surface area contributed by atoms with Crippen molar-refractivity contribution in [3.63, 3.8) is 0 Å². The van der Waals surface area contributed by atoms with Crippen molar-refractivity contribution in [1.29, 1.82) is 0 Å². The standard InChI is InChI=1S/C24H23N3O7S/c1-13-12-35-22-18(21(30)27(22)19(13)23(31)32)25-20(29)17(15-7-9-16(28)10-8-15)26-24(33)34-11-14-5-3-2-4-6-14/h2-10,17-18,22,28H,11-12H2,1H3,(H,25,29)(H,26,33)(H,31,32)/t17?,18?,22-/m0/s1. The van der Waals surface area contributed by atoms with Gasteiger partial charge in [-0.3, -0.25) is 14.5 Å². The Hall–Kier alpha value is -3.99. The Labute approximate surface area is 204 Å². The highest BCUT2D eigenvalue weighted by Crippen LogP contribution is 2.40. The van der Waals surface area contributed by atoms with Gasteiger partial charge in [0.05, 0.1) is 0 Å². The molecule has 3 atom stereocenters. The molecule has 0 spiro atoms. The van der Waals surface area contributed by atoms with E-state index in [-0.39, 0.29) is 18.1 Å². The van der Waals surface area contributed by atoms with Crippen LogP contribution in [0.1, 0.15) is 24.1 Å². The normalized spacial score (nSPS) is 19.8. The van der Waals surface area contributed by atoms with Crippen LogP contribution in [0.5, 0.6) is 5.75 Å². The highest BCUT2D eigenvalue weighted by Gasteiger charge is 2.54. The number of carboxylic acid groups (broad SMARTS) is 1. The van der Waals surface area contributed by atoms with Gasteiger partial charge in [0.1, 0.15) is 35.5 Å². The number of phenolic OH excluding ortho intramolecular Hbond substituents is 1. The second-order valence-electron chi connectivity index (χ2n) is 8.06. The SMILES string of the molecule is CC1=C(C(=O)O)N2C(=O)C(NC(=O)C(NC(=O)OCc3ccccc3)c3ccc(O)cc3)[C@@H]2SC1. The van der Waals surface area contributed by atoms with Crippen molar-refractivity contribution in [3.05, 3.63) is 77.0 Å². The van der Waals surface area contributed by atoms with Crippen molar-refractivity contribution in [3.8, 4) is 5.75 Å². The highest BCUT2D eigenvalue weighted by molar-refractivity contribution is 8.00. The third-order valence-corrected chi connectivity index (χ3v) is 7.05. The summed E-state index contributed by atoms with van der Waals surface area (Å²) in [7, 11) is 0. The van der Waals surface area contributed by atoms with Crippen LogP contribution < -0.4 is 10.6 Å². The zero-order valence-electron chi connectivity index (χ0n) is 18.6. The molecule has 1 saturated heterocycles. The molecule has 0 aromatic heterocycles. The third kappa shape index (κ3) is 5.09. The van der Waals surface area contributed by atoms with Crippen LogP contribution in [0.4, 0.5) is 4.79 Å². The lowest BCUT2D eigenvalue weighted by molar-refractivity contribution is -0.151. The second-order valence-corrected chi connectivity index (χ2v) is 9.17. The first-order chi connectivity index (χ1) is 16.8. The van der Waals surface area contributed by atoms with Gasteiger partial charge in [-0.1, -0.05) is 42.5 Å². The molecule has 4 N–H and O–H groups in total. The summed E-state index contributed by atoms with van der Waals surface area (Å²) in [6.45, 7) is 1.65. The van der Waals surface area contributed by atoms with Crippen LogP contribution in [0.3, 0.4) is 0 Å². The van der Waals surface area contributed by atoms with Gasteiger partial charge in [0.15, 0.2) is 0 Å². The third-order valence-electron chi connectivity index (χ3n) is 5.62. The van der Waals surface area contributed by atoms with Crippen LogP contribution >= 0.6 is 11.8 Å². The summed E-state index contributed by atoms with van der Waals surface area (Å²) in [5.74, 6) is -2.02. The maximum Gasteiger partial charge on any atom is 0.408 e. The summed E-state index contributed by atoms with van der Waals surface area (Å²) in [5, 5.41) is 23.7. The number of carbonyl (C=O) groups is 4. The fourth-order valence-corrected chi connectivity index (χ4v) is 5.15. The number of thioether (sulfide) groups is 1. The molecule has 0 aliphatic carbocycles. The number of ether oxygens (including phenoxy) is 1. The van der Waals surface area contributed by atoms with Crippen molar-refractivity contribution in [1.82, 2.24) is 15.5 Å². The molecule has 10 nitrogen and oxygen atoms in total. The monoisotopic (exact) mass is 497 g/mol. The summed E-state index contributed by atoms with van der Waals surface area (Å²) in [5.41, 5.74) is 1.63. The molecular formula is C24H23N3O7S. The lowest BCUT2D eigenvalue weighted by Crippen LogP contribution is -2.71. The number of hydrogen-bond donors (Lipinski definition) is 4. The second kappa shape index (κ2) is 10.1. The topological polar surface area (TPSA) is 145 Å². The van der Waals surface area contributed by atoms with Gasteiger partial charge in [0.2, 0.25) is 5.91 Å². The number of alkyl carbamates (subject to hydrolysis) is 1. The molecule has 4 rings (SSSR count). The van der Waals surface area contributed by atoms with Gasteiger partial charge in [-0.05, 0) is 35.8 Å². The quantitative estimate of drug-likeness (QED) is 0.426. The molecule has 0 saturated carbocycles. The molecular weight excluding hydrogens is 474 g/mol. The average Bonchev–Trinajstić information content (AvgIpc) is 2.85. The zero-order chi connectivity index (χ0) is 25.1. The predicted octanol–water partition coefficient (Wildman–Crippen LogP) is 2.12. The molecule has 35 heavy (non-hydrogen) atoms. The first-order valence-electron chi connectivity index (χ1n) is 10.7. The fourth-order valence-electron chi connectivity index (χ4n) is 3.86. The van der Waals surface area contributed by atoms with Crippen molar-refractivity contribution in [2.75, 3.05) is 5.75 Å². The van der Waals surface area contributed by atoms with Gasteiger partial charge in [-0.2, -0.15) is 0 Å². The molecule has 0 radical (unpaired) electrons. The van der Waals surface area contributed by atoms with Crippen LogP contribution in [0.15, 0.2) is 65.9 Å². The largest absolute Gasteiger partial charge is 0.508 e. The summed E-state index contributed by atoms with van der Waals surface area (Å²) >= 11 is 1.35. The Morgan fingerprint density at radius 1 is 1.14 bits per heavy atom. The number of benzene rings is 2. The highest BCUT2D eigenvalue weighted by atomic mass is 32.2. The first kappa shape index (κ1) is 24.1. The van der Waals surface area contributed by atoms with Gasteiger partial charge in [0, 0.05) is 5.75 Å². The molecule has 2 aromatic rings. The summed E-state index contributed by atoms with van der Waals surface area (Å²) in [6.07, 6.45) is -0.845. The van der Waals surface area contributed by atoms with Crippen molar-refractivity contribution in [2.24, 2.45) is 0 Å². The Kier molecular flexibility index (Phi) is 6.97. The van der Waals surface area contributed by atoms with Gasteiger partial charge in [-0.15, -0.1) is 11.8 Å². The number of fused-ring (bicyclic) bond motifs is 1. The number of rotatable bonds is 7. The molecule has 1 fully saturated rings. The number of aliphatic carboxylic acids is 1. The Morgan fingerprint density at radius 3 is 2.49 bits per heavy atom. The van der Waals surface area contributed by atoms with E-state index in [1.807, 2.05) is 6.07 Å². The number of amides is 3. The van der Waals surface area contributed by atoms with Crippen molar-refractivity contribution in [2.45, 2.75) is 31.0 Å². The Morgan fingerprint density at radius 2 is 1.83 bits per heavy atom. The molecule has 182 valence electrons. The average molecular weight is 498 g/mol. The molecule has 2 aliphatic heterocycles. The van der Waals surface area contributed by atoms with E-state index in [2.05, 4.69) is 10.6 Å². The number of aromatic hydroxyl groups is 1. The van der Waals surface area contributed by atoms with E-state index in [1.165, 1.54) is 40.9 Å². The molecule has 2 aromatic carbocycles. The van der Waals surface area contributed by atoms with Crippen LogP contribution in [0.2, 0.25) is 0 Å². The smallest absolute Gasteiger partial charge is 0.408 e. The molecule has 2 heterocycles. The molecule has 2 aliphatic rings. The van der Waals surface area contributed by atoms with Gasteiger partial charge < -0.3 is 25.6 Å². The minimum atomic E-state index is -1.22. The molecule has 11 heteroatoms. The van der Waals surface area contributed by atoms with Crippen LogP contribution in [0.25, 0.3) is 0 Å². The summed E-state index contributed by atoms with van der Waals surface area (Å²) in [4.78, 5) is 51.2. The fraction of sp³-hybridized carbons (Fsp3) is 0.250. The van der Waals surface area contributed by atoms with E-state index in [0.717, 1.165) is 5.56 Å². The van der Waals surface area contributed by atoms with Gasteiger partial charge in [-0.25, -0.2) is 9.59 Å². The number of phenols is 1. The number of β-lactam (4-membered cyclic amide) rings is 1. The number of carbonyl (C=O) groups excluding carboxylic acids is 3. The maximum absolute atomic E-state index is 13.2.